The van der Waals surface area contributed by atoms with Crippen molar-refractivity contribution in [3.05, 3.63) is 53.3 Å². The first-order valence-electron chi connectivity index (χ1n) is 11.3. The van der Waals surface area contributed by atoms with Crippen molar-refractivity contribution in [3.8, 4) is 11.3 Å². The quantitative estimate of drug-likeness (QED) is 0.287. The number of carbonyl (C=O) groups excluding carboxylic acids is 1. The van der Waals surface area contributed by atoms with Crippen LogP contribution in [0.3, 0.4) is 0 Å². The molecule has 0 N–H and O–H groups in total. The Kier molecular flexibility index (Phi) is 7.30. The fourth-order valence-electron chi connectivity index (χ4n) is 3.94. The highest BCUT2D eigenvalue weighted by molar-refractivity contribution is 7.91. The molecule has 0 amide bonds. The van der Waals surface area contributed by atoms with Crippen molar-refractivity contribution in [1.29, 1.82) is 0 Å². The third-order valence-electron chi connectivity index (χ3n) is 5.93. The van der Waals surface area contributed by atoms with Crippen molar-refractivity contribution in [3.63, 3.8) is 0 Å². The SMILES string of the molecule is CCOC(=O)c1c(-c2ccc(F)cc2)oc2cc(N(CCS(=O)(=O)CC)S(=O)[O-])c(C3CC3)cc12. The summed E-state index contributed by atoms with van der Waals surface area (Å²) in [7, 11) is -3.41. The Morgan fingerprint density at radius 1 is 1.23 bits per heavy atom. The number of halogens is 1. The van der Waals surface area contributed by atoms with Crippen LogP contribution < -0.4 is 4.31 Å². The molecule has 4 rings (SSSR count). The van der Waals surface area contributed by atoms with Crippen LogP contribution in [0.4, 0.5) is 10.1 Å². The molecule has 0 radical (unpaired) electrons. The molecule has 2 aromatic carbocycles. The van der Waals surface area contributed by atoms with E-state index >= 15 is 0 Å². The molecule has 1 saturated carbocycles. The summed E-state index contributed by atoms with van der Waals surface area (Å²) in [6, 6.07) is 8.69. The van der Waals surface area contributed by atoms with E-state index in [0.29, 0.717) is 22.2 Å². The summed E-state index contributed by atoms with van der Waals surface area (Å²) in [6.07, 6.45) is 1.67. The summed E-state index contributed by atoms with van der Waals surface area (Å²) < 4.78 is 74.2. The number of nitrogens with zero attached hydrogens (tertiary/aromatic N) is 1. The van der Waals surface area contributed by atoms with Gasteiger partial charge in [-0.3, -0.25) is 4.21 Å². The highest BCUT2D eigenvalue weighted by Gasteiger charge is 2.32. The Morgan fingerprint density at radius 3 is 2.49 bits per heavy atom. The van der Waals surface area contributed by atoms with Gasteiger partial charge in [0, 0.05) is 40.6 Å². The first-order valence-corrected chi connectivity index (χ1v) is 14.1. The van der Waals surface area contributed by atoms with E-state index in [4.69, 9.17) is 9.15 Å². The molecule has 35 heavy (non-hydrogen) atoms. The number of esters is 1. The second kappa shape index (κ2) is 10.1. The molecular formula is C24H25FNO7S2-. The molecule has 0 spiro atoms. The summed E-state index contributed by atoms with van der Waals surface area (Å²) in [4.78, 5) is 12.9. The fraction of sp³-hybridized carbons (Fsp3) is 0.375. The number of hydrogen-bond donors (Lipinski definition) is 0. The van der Waals surface area contributed by atoms with Crippen LogP contribution in [-0.4, -0.2) is 47.8 Å². The lowest BCUT2D eigenvalue weighted by molar-refractivity contribution is 0.0528. The number of hydrogen-bond acceptors (Lipinski definition) is 7. The number of rotatable bonds is 10. The lowest BCUT2D eigenvalue weighted by Gasteiger charge is -2.28. The van der Waals surface area contributed by atoms with Crippen molar-refractivity contribution < 1.29 is 35.5 Å². The van der Waals surface area contributed by atoms with E-state index in [-0.39, 0.29) is 47.5 Å². The van der Waals surface area contributed by atoms with E-state index in [2.05, 4.69) is 0 Å². The Hall–Kier alpha value is -2.76. The zero-order chi connectivity index (χ0) is 25.3. The molecule has 1 unspecified atom stereocenters. The first kappa shape index (κ1) is 25.3. The number of anilines is 1. The Bertz CT molecular complexity index is 1380. The first-order chi connectivity index (χ1) is 16.6. The van der Waals surface area contributed by atoms with Gasteiger partial charge in [0.15, 0.2) is 9.84 Å². The number of sulfone groups is 1. The molecule has 1 fully saturated rings. The highest BCUT2D eigenvalue weighted by atomic mass is 32.2. The standard InChI is InChI=1S/C24H26FNO7S2/c1-3-32-24(27)22-19-13-18(15-5-6-15)20(26(34(28)29)11-12-35(30,31)4-2)14-21(19)33-23(22)16-7-9-17(25)10-8-16/h7-10,13-15H,3-6,11-12H2,1-2H3,(H,28,29)/p-1. The van der Waals surface area contributed by atoms with Crippen LogP contribution in [0.15, 0.2) is 40.8 Å². The topological polar surface area (TPSA) is 117 Å². The number of ether oxygens (including phenoxy) is 1. The van der Waals surface area contributed by atoms with E-state index in [1.807, 2.05) is 0 Å². The number of fused-ring (bicyclic) bond motifs is 1. The minimum Gasteiger partial charge on any atom is -0.755 e. The molecular weight excluding hydrogens is 497 g/mol. The molecule has 0 aliphatic heterocycles. The van der Waals surface area contributed by atoms with Crippen molar-refractivity contribution in [2.45, 2.75) is 32.6 Å². The molecule has 0 bridgehead atoms. The molecule has 0 saturated heterocycles. The number of furan rings is 1. The lowest BCUT2D eigenvalue weighted by Crippen LogP contribution is -2.32. The Morgan fingerprint density at radius 2 is 1.91 bits per heavy atom. The van der Waals surface area contributed by atoms with Crippen LogP contribution >= 0.6 is 0 Å². The van der Waals surface area contributed by atoms with E-state index < -0.39 is 32.9 Å². The van der Waals surface area contributed by atoms with Gasteiger partial charge in [0.1, 0.15) is 22.7 Å². The Labute approximate surface area is 205 Å². The molecule has 3 aromatic rings. The van der Waals surface area contributed by atoms with Crippen LogP contribution in [0, 0.1) is 5.82 Å². The lowest BCUT2D eigenvalue weighted by atomic mass is 10.0. The molecule has 1 heterocycles. The molecule has 11 heteroatoms. The fourth-order valence-corrected chi connectivity index (χ4v) is 5.36. The van der Waals surface area contributed by atoms with Crippen molar-refractivity contribution >= 4 is 43.7 Å². The van der Waals surface area contributed by atoms with Crippen LogP contribution in [0.25, 0.3) is 22.3 Å². The normalized spacial score (nSPS) is 14.7. The molecule has 1 atom stereocenters. The summed E-state index contributed by atoms with van der Waals surface area (Å²) in [5.74, 6) is -1.23. The third-order valence-corrected chi connectivity index (χ3v) is 8.36. The predicted octanol–water partition coefficient (Wildman–Crippen LogP) is 4.33. The summed E-state index contributed by atoms with van der Waals surface area (Å²) in [5, 5.41) is 0.450. The molecule has 1 aromatic heterocycles. The minimum atomic E-state index is -3.41. The van der Waals surface area contributed by atoms with E-state index in [1.165, 1.54) is 37.3 Å². The minimum absolute atomic E-state index is 0.0717. The van der Waals surface area contributed by atoms with Gasteiger partial charge in [0.25, 0.3) is 0 Å². The van der Waals surface area contributed by atoms with Crippen LogP contribution in [0.1, 0.15) is 48.5 Å². The van der Waals surface area contributed by atoms with Crippen LogP contribution in [-0.2, 0) is 25.8 Å². The smallest absolute Gasteiger partial charge is 0.342 e. The third kappa shape index (κ3) is 5.41. The Balaban J connectivity index is 1.90. The molecule has 1 aliphatic carbocycles. The second-order valence-electron chi connectivity index (χ2n) is 8.27. The molecule has 188 valence electrons. The maximum Gasteiger partial charge on any atom is 0.342 e. The average molecular weight is 523 g/mol. The van der Waals surface area contributed by atoms with Crippen molar-refractivity contribution in [2.75, 3.05) is 29.0 Å². The van der Waals surface area contributed by atoms with Gasteiger partial charge in [-0.2, -0.15) is 0 Å². The zero-order valence-corrected chi connectivity index (χ0v) is 20.9. The van der Waals surface area contributed by atoms with Gasteiger partial charge < -0.3 is 18.0 Å². The van der Waals surface area contributed by atoms with E-state index in [9.17, 15) is 26.4 Å². The maximum absolute atomic E-state index is 13.5. The summed E-state index contributed by atoms with van der Waals surface area (Å²) in [5.41, 5.74) is 1.87. The van der Waals surface area contributed by atoms with Gasteiger partial charge in [-0.15, -0.1) is 0 Å². The largest absolute Gasteiger partial charge is 0.755 e. The zero-order valence-electron chi connectivity index (χ0n) is 19.3. The highest BCUT2D eigenvalue weighted by Crippen LogP contribution is 2.48. The maximum atomic E-state index is 13.5. The van der Waals surface area contributed by atoms with Crippen molar-refractivity contribution in [1.82, 2.24) is 0 Å². The second-order valence-corrected chi connectivity index (χ2v) is 11.6. The van der Waals surface area contributed by atoms with Gasteiger partial charge in [0.05, 0.1) is 18.0 Å². The van der Waals surface area contributed by atoms with Gasteiger partial charge in [-0.05, 0) is 61.6 Å². The summed E-state index contributed by atoms with van der Waals surface area (Å²) >= 11 is -2.74. The number of benzene rings is 2. The van der Waals surface area contributed by atoms with Crippen LogP contribution in [0.5, 0.6) is 0 Å². The molecule has 8 nitrogen and oxygen atoms in total. The molecule has 1 aliphatic rings. The van der Waals surface area contributed by atoms with Gasteiger partial charge >= 0.3 is 5.97 Å². The predicted molar refractivity (Wildman–Crippen MR) is 130 cm³/mol. The van der Waals surface area contributed by atoms with Gasteiger partial charge in [-0.25, -0.2) is 17.6 Å². The summed E-state index contributed by atoms with van der Waals surface area (Å²) in [6.45, 7) is 3.08. The van der Waals surface area contributed by atoms with Gasteiger partial charge in [-0.1, -0.05) is 6.92 Å². The van der Waals surface area contributed by atoms with Crippen molar-refractivity contribution in [2.24, 2.45) is 0 Å². The average Bonchev–Trinajstić information content (AvgIpc) is 3.59. The monoisotopic (exact) mass is 522 g/mol. The van der Waals surface area contributed by atoms with Crippen LogP contribution in [0.2, 0.25) is 0 Å². The number of carbonyl (C=O) groups is 1. The van der Waals surface area contributed by atoms with Gasteiger partial charge in [0.2, 0.25) is 0 Å². The van der Waals surface area contributed by atoms with E-state index in [0.717, 1.165) is 17.1 Å². The van der Waals surface area contributed by atoms with E-state index in [1.54, 1.807) is 13.0 Å².